The molecule has 37 heavy (non-hydrogen) atoms. The van der Waals surface area contributed by atoms with Crippen molar-refractivity contribution in [1.82, 2.24) is 0 Å². The Balaban J connectivity index is 1.51. The lowest BCUT2D eigenvalue weighted by Gasteiger charge is -2.26. The Morgan fingerprint density at radius 3 is 2.38 bits per heavy atom. The summed E-state index contributed by atoms with van der Waals surface area (Å²) in [5, 5.41) is 11.5. The van der Waals surface area contributed by atoms with Gasteiger partial charge in [0.15, 0.2) is 11.5 Å². The van der Waals surface area contributed by atoms with E-state index in [4.69, 9.17) is 9.47 Å². The van der Waals surface area contributed by atoms with E-state index in [1.54, 1.807) is 18.2 Å². The Labute approximate surface area is 215 Å². The van der Waals surface area contributed by atoms with Crippen LogP contribution in [0.2, 0.25) is 0 Å². The van der Waals surface area contributed by atoms with Gasteiger partial charge in [0.2, 0.25) is 6.79 Å². The first-order valence-corrected chi connectivity index (χ1v) is 12.5. The predicted molar refractivity (Wildman–Crippen MR) is 141 cm³/mol. The zero-order valence-corrected chi connectivity index (χ0v) is 20.9. The lowest BCUT2D eigenvalue weighted by molar-refractivity contribution is -0.132. The molecule has 0 saturated carbocycles. The van der Waals surface area contributed by atoms with Gasteiger partial charge >= 0.3 is 0 Å². The fourth-order valence-electron chi connectivity index (χ4n) is 5.44. The molecule has 188 valence electrons. The molecule has 0 radical (unpaired) electrons. The summed E-state index contributed by atoms with van der Waals surface area (Å²) in [6.07, 6.45) is 4.21. The number of amides is 1. The van der Waals surface area contributed by atoms with Crippen LogP contribution >= 0.6 is 0 Å². The van der Waals surface area contributed by atoms with Crippen molar-refractivity contribution in [3.63, 3.8) is 0 Å². The topological polar surface area (TPSA) is 79.3 Å². The lowest BCUT2D eigenvalue weighted by atomic mass is 9.88. The average Bonchev–Trinajstić information content (AvgIpc) is 3.49. The van der Waals surface area contributed by atoms with Gasteiger partial charge in [-0.15, -0.1) is 0 Å². The third-order valence-electron chi connectivity index (χ3n) is 7.43. The van der Waals surface area contributed by atoms with Gasteiger partial charge in [0.1, 0.15) is 5.76 Å². The number of benzene rings is 3. The maximum absolute atomic E-state index is 13.5. The van der Waals surface area contributed by atoms with Gasteiger partial charge in [-0.3, -0.25) is 14.5 Å². The van der Waals surface area contributed by atoms with Crippen LogP contribution in [-0.4, -0.2) is 37.7 Å². The molecule has 1 unspecified atom stereocenters. The normalized spacial score (nSPS) is 19.7. The van der Waals surface area contributed by atoms with Gasteiger partial charge in [0, 0.05) is 37.1 Å². The summed E-state index contributed by atoms with van der Waals surface area (Å²) < 4.78 is 11.0. The fourth-order valence-corrected chi connectivity index (χ4v) is 5.44. The monoisotopic (exact) mass is 496 g/mol. The molecule has 1 amide bonds. The second-order valence-corrected chi connectivity index (χ2v) is 9.88. The number of aliphatic hydroxyl groups excluding tert-OH is 1. The Bertz CT molecular complexity index is 1440. The van der Waals surface area contributed by atoms with Crippen LogP contribution < -0.4 is 19.3 Å². The van der Waals surface area contributed by atoms with Crippen molar-refractivity contribution < 1.29 is 24.2 Å². The molecule has 1 atom stereocenters. The van der Waals surface area contributed by atoms with Crippen molar-refractivity contribution in [2.24, 2.45) is 0 Å². The zero-order valence-electron chi connectivity index (χ0n) is 20.9. The van der Waals surface area contributed by atoms with E-state index < -0.39 is 17.7 Å². The van der Waals surface area contributed by atoms with Crippen LogP contribution in [0.1, 0.15) is 41.1 Å². The van der Waals surface area contributed by atoms with Gasteiger partial charge < -0.3 is 19.5 Å². The first kappa shape index (κ1) is 23.2. The van der Waals surface area contributed by atoms with Gasteiger partial charge in [0.05, 0.1) is 11.6 Å². The van der Waals surface area contributed by atoms with Crippen molar-refractivity contribution in [2.75, 3.05) is 30.7 Å². The number of aliphatic hydroxyl groups is 1. The third kappa shape index (κ3) is 3.91. The molecule has 6 rings (SSSR count). The van der Waals surface area contributed by atoms with E-state index in [1.165, 1.54) is 16.0 Å². The smallest absolute Gasteiger partial charge is 0.300 e. The second-order valence-electron chi connectivity index (χ2n) is 9.88. The SMILES string of the molecule is CN(C)c1ccc(C2/C(=C(/O)c3ccc4c(c3)CCCC4)C(=O)C(=O)N2c2ccc3c(c2)OCO3)cc1. The van der Waals surface area contributed by atoms with Gasteiger partial charge in [-0.1, -0.05) is 24.3 Å². The number of hydrogen-bond acceptors (Lipinski definition) is 6. The molecule has 1 saturated heterocycles. The van der Waals surface area contributed by atoms with Crippen LogP contribution in [0.15, 0.2) is 66.2 Å². The molecule has 7 nitrogen and oxygen atoms in total. The van der Waals surface area contributed by atoms with Crippen molar-refractivity contribution in [3.05, 3.63) is 88.5 Å². The molecule has 1 N–H and O–H groups in total. The summed E-state index contributed by atoms with van der Waals surface area (Å²) in [5.41, 5.74) is 5.31. The van der Waals surface area contributed by atoms with E-state index in [2.05, 4.69) is 0 Å². The van der Waals surface area contributed by atoms with Crippen molar-refractivity contribution in [2.45, 2.75) is 31.7 Å². The maximum Gasteiger partial charge on any atom is 0.300 e. The highest BCUT2D eigenvalue weighted by Crippen LogP contribution is 2.45. The Morgan fingerprint density at radius 1 is 0.892 bits per heavy atom. The third-order valence-corrected chi connectivity index (χ3v) is 7.43. The summed E-state index contributed by atoms with van der Waals surface area (Å²) in [6, 6.07) is 17.9. The zero-order chi connectivity index (χ0) is 25.7. The van der Waals surface area contributed by atoms with Crippen LogP contribution in [0.25, 0.3) is 5.76 Å². The van der Waals surface area contributed by atoms with E-state index in [0.29, 0.717) is 22.7 Å². The predicted octanol–water partition coefficient (Wildman–Crippen LogP) is 4.99. The van der Waals surface area contributed by atoms with Gasteiger partial charge in [-0.05, 0) is 72.7 Å². The molecule has 3 aliphatic rings. The summed E-state index contributed by atoms with van der Waals surface area (Å²) in [7, 11) is 3.90. The van der Waals surface area contributed by atoms with E-state index in [0.717, 1.165) is 36.9 Å². The van der Waals surface area contributed by atoms with Crippen LogP contribution in [0.3, 0.4) is 0 Å². The Morgan fingerprint density at radius 2 is 1.62 bits per heavy atom. The molecule has 2 heterocycles. The number of carbonyl (C=O) groups is 2. The molecule has 1 aliphatic carbocycles. The number of aryl methyl sites for hydroxylation is 2. The van der Waals surface area contributed by atoms with Crippen LogP contribution in [0.5, 0.6) is 11.5 Å². The van der Waals surface area contributed by atoms with Crippen LogP contribution in [0.4, 0.5) is 11.4 Å². The number of Topliss-reactive ketones (excluding diaryl/α,β-unsaturated/α-hetero) is 1. The molecule has 7 heteroatoms. The van der Waals surface area contributed by atoms with Crippen LogP contribution in [0, 0.1) is 0 Å². The van der Waals surface area contributed by atoms with Gasteiger partial charge in [-0.2, -0.15) is 0 Å². The number of ether oxygens (including phenoxy) is 2. The molecular formula is C30H28N2O5. The first-order chi connectivity index (χ1) is 17.9. The van der Waals surface area contributed by atoms with E-state index in [1.807, 2.05) is 61.5 Å². The molecule has 0 bridgehead atoms. The van der Waals surface area contributed by atoms with Crippen molar-refractivity contribution in [3.8, 4) is 11.5 Å². The van der Waals surface area contributed by atoms with Crippen LogP contribution in [-0.2, 0) is 22.4 Å². The highest BCUT2D eigenvalue weighted by molar-refractivity contribution is 6.51. The number of nitrogens with zero attached hydrogens (tertiary/aromatic N) is 2. The van der Waals surface area contributed by atoms with E-state index >= 15 is 0 Å². The average molecular weight is 497 g/mol. The second kappa shape index (κ2) is 9.00. The maximum atomic E-state index is 13.5. The molecule has 2 aliphatic heterocycles. The lowest BCUT2D eigenvalue weighted by Crippen LogP contribution is -2.29. The molecule has 3 aromatic carbocycles. The summed E-state index contributed by atoms with van der Waals surface area (Å²) in [5.74, 6) is -0.469. The molecule has 1 fully saturated rings. The highest BCUT2D eigenvalue weighted by atomic mass is 16.7. The number of anilines is 2. The minimum Gasteiger partial charge on any atom is -0.507 e. The number of fused-ring (bicyclic) bond motifs is 2. The minimum atomic E-state index is -0.799. The van der Waals surface area contributed by atoms with Gasteiger partial charge in [0.25, 0.3) is 11.7 Å². The van der Waals surface area contributed by atoms with Crippen molar-refractivity contribution in [1.29, 1.82) is 0 Å². The van der Waals surface area contributed by atoms with E-state index in [9.17, 15) is 14.7 Å². The number of rotatable bonds is 4. The summed E-state index contributed by atoms with van der Waals surface area (Å²) in [6.45, 7) is 0.103. The number of carbonyl (C=O) groups excluding carboxylic acids is 2. The Hall–Kier alpha value is -4.26. The minimum absolute atomic E-state index is 0.0797. The number of hydrogen-bond donors (Lipinski definition) is 1. The first-order valence-electron chi connectivity index (χ1n) is 12.5. The fraction of sp³-hybridized carbons (Fsp3) is 0.267. The quantitative estimate of drug-likeness (QED) is 0.312. The van der Waals surface area contributed by atoms with Crippen molar-refractivity contribution >= 4 is 28.8 Å². The Kier molecular flexibility index (Phi) is 5.63. The van der Waals surface area contributed by atoms with Gasteiger partial charge in [-0.25, -0.2) is 0 Å². The highest BCUT2D eigenvalue weighted by Gasteiger charge is 2.47. The summed E-state index contributed by atoms with van der Waals surface area (Å²) in [4.78, 5) is 30.4. The number of ketones is 1. The summed E-state index contributed by atoms with van der Waals surface area (Å²) >= 11 is 0. The molecule has 3 aromatic rings. The molecular weight excluding hydrogens is 468 g/mol. The molecule has 0 aromatic heterocycles. The van der Waals surface area contributed by atoms with E-state index in [-0.39, 0.29) is 18.1 Å². The molecule has 0 spiro atoms. The standard InChI is InChI=1S/C30H28N2O5/c1-31(2)22-11-9-19(10-12-22)27-26(28(33)21-8-7-18-5-3-4-6-20(18)15-21)29(34)30(35)32(27)23-13-14-24-25(16-23)37-17-36-24/h7-16,27,33H,3-6,17H2,1-2H3/b28-26-. The largest absolute Gasteiger partial charge is 0.507 e.